The molecule has 2 aromatic rings. The Balaban J connectivity index is 1.66. The molecule has 0 N–H and O–H groups in total. The summed E-state index contributed by atoms with van der Waals surface area (Å²) in [4.78, 5) is 27.5. The molecule has 0 bridgehead atoms. The molecule has 34 heavy (non-hydrogen) atoms. The van der Waals surface area contributed by atoms with Gasteiger partial charge in [-0.05, 0) is 60.7 Å². The smallest absolute Gasteiger partial charge is 0.252 e. The van der Waals surface area contributed by atoms with Gasteiger partial charge < -0.3 is 9.47 Å². The average molecular weight is 487 g/mol. The van der Waals surface area contributed by atoms with Gasteiger partial charge in [-0.2, -0.15) is 4.31 Å². The molecule has 2 saturated heterocycles. The highest BCUT2D eigenvalue weighted by molar-refractivity contribution is 7.89. The summed E-state index contributed by atoms with van der Waals surface area (Å²) >= 11 is 0. The van der Waals surface area contributed by atoms with Gasteiger partial charge in [0.25, 0.3) is 5.91 Å². The van der Waals surface area contributed by atoms with Crippen molar-refractivity contribution in [2.75, 3.05) is 25.2 Å². The molecular formula is C25H30N2O6S. The van der Waals surface area contributed by atoms with Gasteiger partial charge in [0.15, 0.2) is 0 Å². The van der Waals surface area contributed by atoms with E-state index in [-0.39, 0.29) is 24.0 Å². The van der Waals surface area contributed by atoms with Gasteiger partial charge >= 0.3 is 0 Å². The highest BCUT2D eigenvalue weighted by Gasteiger charge is 2.47. The molecule has 2 aliphatic heterocycles. The van der Waals surface area contributed by atoms with Gasteiger partial charge in [0.05, 0.1) is 30.2 Å². The molecule has 9 heteroatoms. The van der Waals surface area contributed by atoms with E-state index in [0.29, 0.717) is 30.4 Å². The van der Waals surface area contributed by atoms with Crippen LogP contribution in [0.3, 0.4) is 0 Å². The maximum Gasteiger partial charge on any atom is 0.252 e. The van der Waals surface area contributed by atoms with E-state index in [2.05, 4.69) is 13.8 Å². The minimum absolute atomic E-state index is 0.0121. The Hall–Kier alpha value is -2.75. The molecule has 0 aliphatic carbocycles. The molecule has 4 rings (SSSR count). The van der Waals surface area contributed by atoms with E-state index in [4.69, 9.17) is 9.47 Å². The Kier molecular flexibility index (Phi) is 7.06. The van der Waals surface area contributed by atoms with E-state index in [0.717, 1.165) is 21.2 Å². The van der Waals surface area contributed by atoms with Crippen molar-refractivity contribution in [2.45, 2.75) is 56.1 Å². The third kappa shape index (κ3) is 4.73. The third-order valence-electron chi connectivity index (χ3n) is 6.36. The molecule has 8 nitrogen and oxygen atoms in total. The predicted octanol–water partition coefficient (Wildman–Crippen LogP) is 3.32. The Morgan fingerprint density at radius 2 is 1.76 bits per heavy atom. The number of ether oxygens (including phenoxy) is 2. The summed E-state index contributed by atoms with van der Waals surface area (Å²) in [6.45, 7) is 4.68. The van der Waals surface area contributed by atoms with Gasteiger partial charge in [0.1, 0.15) is 11.8 Å². The fourth-order valence-electron chi connectivity index (χ4n) is 4.39. The molecule has 0 aromatic heterocycles. The van der Waals surface area contributed by atoms with Crippen LogP contribution >= 0.6 is 0 Å². The monoisotopic (exact) mass is 486 g/mol. The SMILES string of the molecule is COc1ccc(S(=O)(=O)N(CC2CCCO2)C2CC(=O)N(c3ccc(C(C)C)cc3)C2=O)cc1. The molecule has 0 spiro atoms. The minimum atomic E-state index is -4.08. The van der Waals surface area contributed by atoms with Gasteiger partial charge in [0, 0.05) is 13.2 Å². The average Bonchev–Trinajstić information content (AvgIpc) is 3.44. The van der Waals surface area contributed by atoms with Crippen molar-refractivity contribution in [1.29, 1.82) is 0 Å². The molecule has 182 valence electrons. The number of rotatable bonds is 8. The Bertz CT molecular complexity index is 1140. The number of nitrogens with zero attached hydrogens (tertiary/aromatic N) is 2. The number of hydrogen-bond donors (Lipinski definition) is 0. The molecule has 2 aliphatic rings. The lowest BCUT2D eigenvalue weighted by molar-refractivity contribution is -0.122. The lowest BCUT2D eigenvalue weighted by Crippen LogP contribution is -2.48. The van der Waals surface area contributed by atoms with Crippen LogP contribution in [0.15, 0.2) is 53.4 Å². The van der Waals surface area contributed by atoms with Crippen LogP contribution in [0.5, 0.6) is 5.75 Å². The maximum atomic E-state index is 13.7. The zero-order valence-corrected chi connectivity index (χ0v) is 20.5. The number of imide groups is 1. The number of hydrogen-bond acceptors (Lipinski definition) is 6. The summed E-state index contributed by atoms with van der Waals surface area (Å²) in [6, 6.07) is 12.1. The van der Waals surface area contributed by atoms with Crippen LogP contribution in [0.1, 0.15) is 44.6 Å². The van der Waals surface area contributed by atoms with Gasteiger partial charge in [-0.25, -0.2) is 13.3 Å². The van der Waals surface area contributed by atoms with Gasteiger partial charge in [-0.1, -0.05) is 26.0 Å². The summed E-state index contributed by atoms with van der Waals surface area (Å²) in [6.07, 6.45) is 0.985. The molecule has 2 amide bonds. The van der Waals surface area contributed by atoms with E-state index in [1.54, 1.807) is 24.3 Å². The molecule has 2 atom stereocenters. The molecule has 0 radical (unpaired) electrons. The topological polar surface area (TPSA) is 93.2 Å². The van der Waals surface area contributed by atoms with Gasteiger partial charge in [-0.3, -0.25) is 9.59 Å². The fraction of sp³-hybridized carbons (Fsp3) is 0.440. The van der Waals surface area contributed by atoms with E-state index in [9.17, 15) is 18.0 Å². The van der Waals surface area contributed by atoms with Crippen molar-refractivity contribution in [2.24, 2.45) is 0 Å². The summed E-state index contributed by atoms with van der Waals surface area (Å²) < 4.78 is 39.3. The first kappa shape index (κ1) is 24.4. The van der Waals surface area contributed by atoms with E-state index >= 15 is 0 Å². The summed E-state index contributed by atoms with van der Waals surface area (Å²) in [5, 5.41) is 0. The van der Waals surface area contributed by atoms with Gasteiger partial charge in [-0.15, -0.1) is 0 Å². The number of carbonyl (C=O) groups is 2. The van der Waals surface area contributed by atoms with E-state index < -0.39 is 27.9 Å². The van der Waals surface area contributed by atoms with Crippen molar-refractivity contribution in [3.63, 3.8) is 0 Å². The Labute approximate surface area is 200 Å². The summed E-state index contributed by atoms with van der Waals surface area (Å²) in [7, 11) is -2.58. The molecule has 2 fully saturated rings. The van der Waals surface area contributed by atoms with Crippen LogP contribution in [-0.2, 0) is 24.3 Å². The first-order valence-electron chi connectivity index (χ1n) is 11.5. The molecule has 0 saturated carbocycles. The number of carbonyl (C=O) groups excluding carboxylic acids is 2. The fourth-order valence-corrected chi connectivity index (χ4v) is 6.00. The molecule has 2 aromatic carbocycles. The summed E-state index contributed by atoms with van der Waals surface area (Å²) in [5.41, 5.74) is 1.53. The number of amides is 2. The second-order valence-electron chi connectivity index (χ2n) is 8.92. The predicted molar refractivity (Wildman–Crippen MR) is 127 cm³/mol. The third-order valence-corrected chi connectivity index (χ3v) is 8.25. The second-order valence-corrected chi connectivity index (χ2v) is 10.8. The number of anilines is 1. The largest absolute Gasteiger partial charge is 0.497 e. The first-order chi connectivity index (χ1) is 16.2. The highest BCUT2D eigenvalue weighted by Crippen LogP contribution is 2.32. The number of sulfonamides is 1. The highest BCUT2D eigenvalue weighted by atomic mass is 32.2. The molecular weight excluding hydrogens is 456 g/mol. The van der Waals surface area contributed by atoms with Gasteiger partial charge in [0.2, 0.25) is 15.9 Å². The zero-order chi connectivity index (χ0) is 24.5. The maximum absolute atomic E-state index is 13.7. The summed E-state index contributed by atoms with van der Waals surface area (Å²) in [5.74, 6) is -0.136. The van der Waals surface area contributed by atoms with E-state index in [1.807, 2.05) is 12.1 Å². The van der Waals surface area contributed by atoms with E-state index in [1.165, 1.54) is 19.2 Å². The first-order valence-corrected chi connectivity index (χ1v) is 12.9. The Morgan fingerprint density at radius 1 is 1.09 bits per heavy atom. The van der Waals surface area contributed by atoms with Crippen molar-refractivity contribution in [3.05, 3.63) is 54.1 Å². The van der Waals surface area contributed by atoms with Crippen molar-refractivity contribution in [3.8, 4) is 5.75 Å². The lowest BCUT2D eigenvalue weighted by atomic mass is 10.0. The lowest BCUT2D eigenvalue weighted by Gasteiger charge is -2.29. The molecule has 2 heterocycles. The van der Waals surface area contributed by atoms with Crippen molar-refractivity contribution >= 4 is 27.5 Å². The normalized spacial score (nSPS) is 21.1. The van der Waals surface area contributed by atoms with Crippen molar-refractivity contribution in [1.82, 2.24) is 4.31 Å². The number of methoxy groups -OCH3 is 1. The zero-order valence-electron chi connectivity index (χ0n) is 19.6. The van der Waals surface area contributed by atoms with Crippen LogP contribution < -0.4 is 9.64 Å². The van der Waals surface area contributed by atoms with Crippen LogP contribution in [-0.4, -0.2) is 56.9 Å². The minimum Gasteiger partial charge on any atom is -0.497 e. The standard InChI is InChI=1S/C25H30N2O6S/c1-17(2)18-6-8-19(9-7-18)27-24(28)15-23(25(27)29)26(16-21-5-4-14-33-21)34(30,31)22-12-10-20(32-3)11-13-22/h6-13,17,21,23H,4-5,14-16H2,1-3H3. The number of benzene rings is 2. The molecule has 2 unspecified atom stereocenters. The van der Waals surface area contributed by atoms with Crippen LogP contribution in [0.2, 0.25) is 0 Å². The van der Waals surface area contributed by atoms with Crippen LogP contribution in [0.25, 0.3) is 0 Å². The van der Waals surface area contributed by atoms with Crippen LogP contribution in [0, 0.1) is 0 Å². The quantitative estimate of drug-likeness (QED) is 0.532. The van der Waals surface area contributed by atoms with Crippen molar-refractivity contribution < 1.29 is 27.5 Å². The Morgan fingerprint density at radius 3 is 2.32 bits per heavy atom. The van der Waals surface area contributed by atoms with Crippen LogP contribution in [0.4, 0.5) is 5.69 Å². The second kappa shape index (κ2) is 9.85.